The number of nitrogens with zero attached hydrogens (tertiary/aromatic N) is 2. The number of rotatable bonds is 3. The van der Waals surface area contributed by atoms with E-state index in [4.69, 9.17) is 20.8 Å². The number of carbonyl (C=O) groups is 1. The van der Waals surface area contributed by atoms with Gasteiger partial charge in [0.2, 0.25) is 0 Å². The second-order valence-corrected chi connectivity index (χ2v) is 5.43. The molecule has 0 N–H and O–H groups in total. The number of aromatic nitrogens is 1. The van der Waals surface area contributed by atoms with Gasteiger partial charge in [-0.05, 0) is 25.1 Å². The molecule has 0 bridgehead atoms. The summed E-state index contributed by atoms with van der Waals surface area (Å²) in [5.41, 5.74) is 0.374. The van der Waals surface area contributed by atoms with E-state index in [9.17, 15) is 4.79 Å². The Morgan fingerprint density at radius 1 is 1.52 bits per heavy atom. The molecule has 21 heavy (non-hydrogen) atoms. The maximum Gasteiger partial charge on any atom is 0.276 e. The second kappa shape index (κ2) is 5.77. The van der Waals surface area contributed by atoms with Crippen LogP contribution >= 0.6 is 11.6 Å². The van der Waals surface area contributed by atoms with Crippen LogP contribution in [0.15, 0.2) is 35.1 Å². The molecule has 2 heterocycles. The maximum atomic E-state index is 12.3. The summed E-state index contributed by atoms with van der Waals surface area (Å²) in [5, 5.41) is 0.636. The molecule has 3 rings (SSSR count). The van der Waals surface area contributed by atoms with Gasteiger partial charge in [-0.1, -0.05) is 17.7 Å². The first-order valence-electron chi connectivity index (χ1n) is 6.75. The van der Waals surface area contributed by atoms with Crippen molar-refractivity contribution < 1.29 is 13.9 Å². The summed E-state index contributed by atoms with van der Waals surface area (Å²) in [6.45, 7) is 2.92. The van der Waals surface area contributed by atoms with E-state index in [1.807, 2.05) is 12.1 Å². The van der Waals surface area contributed by atoms with Crippen LogP contribution in [-0.4, -0.2) is 35.0 Å². The van der Waals surface area contributed by atoms with E-state index in [0.29, 0.717) is 29.6 Å². The molecule has 0 aliphatic carbocycles. The van der Waals surface area contributed by atoms with E-state index in [2.05, 4.69) is 4.98 Å². The Morgan fingerprint density at radius 3 is 3.10 bits per heavy atom. The molecule has 1 fully saturated rings. The fourth-order valence-electron chi connectivity index (χ4n) is 2.40. The van der Waals surface area contributed by atoms with Crippen LogP contribution < -0.4 is 4.74 Å². The van der Waals surface area contributed by atoms with Crippen LogP contribution in [0, 0.1) is 6.92 Å². The Bertz CT molecular complexity index is 656. The fraction of sp³-hybridized carbons (Fsp3) is 0.333. The van der Waals surface area contributed by atoms with E-state index in [-0.39, 0.29) is 12.0 Å². The van der Waals surface area contributed by atoms with Gasteiger partial charge in [0, 0.05) is 18.0 Å². The van der Waals surface area contributed by atoms with Gasteiger partial charge in [0.15, 0.2) is 12.1 Å². The van der Waals surface area contributed by atoms with Crippen LogP contribution in [0.5, 0.6) is 5.75 Å². The first-order chi connectivity index (χ1) is 10.1. The van der Waals surface area contributed by atoms with Crippen LogP contribution in [-0.2, 0) is 0 Å². The average Bonchev–Trinajstić information content (AvgIpc) is 3.07. The number of likely N-dealkylation sites (tertiary alicyclic amines) is 1. The van der Waals surface area contributed by atoms with Crippen molar-refractivity contribution in [2.24, 2.45) is 0 Å². The van der Waals surface area contributed by atoms with Crippen molar-refractivity contribution in [3.05, 3.63) is 47.1 Å². The van der Waals surface area contributed by atoms with Gasteiger partial charge >= 0.3 is 0 Å². The molecule has 1 aliphatic heterocycles. The molecule has 1 saturated heterocycles. The molecule has 5 nitrogen and oxygen atoms in total. The van der Waals surface area contributed by atoms with E-state index in [0.717, 1.165) is 12.2 Å². The summed E-state index contributed by atoms with van der Waals surface area (Å²) in [5.74, 6) is 1.15. The topological polar surface area (TPSA) is 55.6 Å². The van der Waals surface area contributed by atoms with Gasteiger partial charge < -0.3 is 14.1 Å². The smallest absolute Gasteiger partial charge is 0.276 e. The first-order valence-corrected chi connectivity index (χ1v) is 7.13. The number of ether oxygens (including phenoxy) is 1. The zero-order chi connectivity index (χ0) is 14.8. The third-order valence-electron chi connectivity index (χ3n) is 3.48. The lowest BCUT2D eigenvalue weighted by Gasteiger charge is -2.16. The summed E-state index contributed by atoms with van der Waals surface area (Å²) in [6.07, 6.45) is 2.05. The van der Waals surface area contributed by atoms with Crippen LogP contribution in [0.1, 0.15) is 22.7 Å². The van der Waals surface area contributed by atoms with E-state index >= 15 is 0 Å². The molecule has 110 valence electrons. The predicted molar refractivity (Wildman–Crippen MR) is 77.6 cm³/mol. The third kappa shape index (κ3) is 3.03. The van der Waals surface area contributed by atoms with Crippen LogP contribution in [0.25, 0.3) is 0 Å². The van der Waals surface area contributed by atoms with Gasteiger partial charge in [0.05, 0.1) is 6.54 Å². The van der Waals surface area contributed by atoms with Crippen molar-refractivity contribution in [2.75, 3.05) is 13.1 Å². The highest BCUT2D eigenvalue weighted by atomic mass is 35.5. The first kappa shape index (κ1) is 13.9. The van der Waals surface area contributed by atoms with Crippen LogP contribution in [0.3, 0.4) is 0 Å². The minimum atomic E-state index is -0.113. The Morgan fingerprint density at radius 2 is 2.38 bits per heavy atom. The third-order valence-corrected chi connectivity index (χ3v) is 3.71. The summed E-state index contributed by atoms with van der Waals surface area (Å²) < 4.78 is 10.9. The molecule has 2 aromatic rings. The molecular formula is C15H15ClN2O3. The van der Waals surface area contributed by atoms with Crippen molar-refractivity contribution in [1.29, 1.82) is 0 Å². The standard InChI is InChI=1S/C15H15ClN2O3/c1-10-14(17-9-20-10)15(19)18-6-5-13(8-18)21-12-4-2-3-11(16)7-12/h2-4,7,9,13H,5-6,8H2,1H3/t13-/m0/s1. The Labute approximate surface area is 127 Å². The second-order valence-electron chi connectivity index (χ2n) is 4.99. The van der Waals surface area contributed by atoms with Gasteiger partial charge in [-0.3, -0.25) is 4.79 Å². The van der Waals surface area contributed by atoms with Crippen molar-refractivity contribution in [2.45, 2.75) is 19.4 Å². The van der Waals surface area contributed by atoms with Gasteiger partial charge in [-0.15, -0.1) is 0 Å². The molecule has 1 aromatic carbocycles. The van der Waals surface area contributed by atoms with Crippen molar-refractivity contribution >= 4 is 17.5 Å². The molecule has 0 saturated carbocycles. The van der Waals surface area contributed by atoms with Gasteiger partial charge in [-0.2, -0.15) is 0 Å². The van der Waals surface area contributed by atoms with E-state index < -0.39 is 0 Å². The lowest BCUT2D eigenvalue weighted by atomic mass is 10.3. The quantitative estimate of drug-likeness (QED) is 0.875. The summed E-state index contributed by atoms with van der Waals surface area (Å²) in [7, 11) is 0. The van der Waals surface area contributed by atoms with Crippen LogP contribution in [0.2, 0.25) is 5.02 Å². The molecule has 6 heteroatoms. The molecule has 1 aliphatic rings. The van der Waals surface area contributed by atoms with Crippen LogP contribution in [0.4, 0.5) is 0 Å². The number of amides is 1. The van der Waals surface area contributed by atoms with Crippen molar-refractivity contribution in [3.8, 4) is 5.75 Å². The Hall–Kier alpha value is -2.01. The highest BCUT2D eigenvalue weighted by Gasteiger charge is 2.30. The molecular weight excluding hydrogens is 292 g/mol. The zero-order valence-electron chi connectivity index (χ0n) is 11.6. The SMILES string of the molecule is Cc1ocnc1C(=O)N1CC[C@H](Oc2cccc(Cl)c2)C1. The van der Waals surface area contributed by atoms with Gasteiger partial charge in [0.25, 0.3) is 5.91 Å². The van der Waals surface area contributed by atoms with Crippen molar-refractivity contribution in [3.63, 3.8) is 0 Å². The monoisotopic (exact) mass is 306 g/mol. The molecule has 0 unspecified atom stereocenters. The van der Waals surface area contributed by atoms with E-state index in [1.165, 1.54) is 6.39 Å². The van der Waals surface area contributed by atoms with Crippen molar-refractivity contribution in [1.82, 2.24) is 9.88 Å². The van der Waals surface area contributed by atoms with E-state index in [1.54, 1.807) is 24.0 Å². The highest BCUT2D eigenvalue weighted by Crippen LogP contribution is 2.22. The molecule has 0 spiro atoms. The lowest BCUT2D eigenvalue weighted by molar-refractivity contribution is 0.0765. The van der Waals surface area contributed by atoms with Gasteiger partial charge in [0.1, 0.15) is 17.6 Å². The maximum absolute atomic E-state index is 12.3. The zero-order valence-corrected chi connectivity index (χ0v) is 12.3. The number of hydrogen-bond acceptors (Lipinski definition) is 4. The molecule has 1 atom stereocenters. The highest BCUT2D eigenvalue weighted by molar-refractivity contribution is 6.30. The normalized spacial score (nSPS) is 18.0. The number of benzene rings is 1. The minimum absolute atomic E-state index is 0.0281. The number of aryl methyl sites for hydroxylation is 1. The molecule has 0 radical (unpaired) electrons. The number of oxazole rings is 1. The summed E-state index contributed by atoms with van der Waals surface area (Å²) in [6, 6.07) is 7.27. The summed E-state index contributed by atoms with van der Waals surface area (Å²) in [4.78, 5) is 18.0. The number of halogens is 1. The van der Waals surface area contributed by atoms with Gasteiger partial charge in [-0.25, -0.2) is 4.98 Å². The largest absolute Gasteiger partial charge is 0.488 e. The Kier molecular flexibility index (Phi) is 3.84. The predicted octanol–water partition coefficient (Wildman–Crippen LogP) is 2.93. The number of hydrogen-bond donors (Lipinski definition) is 0. The molecule has 1 aromatic heterocycles. The lowest BCUT2D eigenvalue weighted by Crippen LogP contribution is -2.31. The average molecular weight is 307 g/mol. The minimum Gasteiger partial charge on any atom is -0.488 e. The fourth-order valence-corrected chi connectivity index (χ4v) is 2.58. The number of carbonyl (C=O) groups excluding carboxylic acids is 1. The molecule has 1 amide bonds. The Balaban J connectivity index is 1.63. The summed E-state index contributed by atoms with van der Waals surface area (Å²) >= 11 is 5.93.